The van der Waals surface area contributed by atoms with Crippen molar-refractivity contribution in [1.29, 1.82) is 5.26 Å². The largest absolute Gasteiger partial charge is 0.192 e. The number of fused-ring (bicyclic) bond motifs is 12. The van der Waals surface area contributed by atoms with Crippen LogP contribution in [0.15, 0.2) is 97.1 Å². The van der Waals surface area contributed by atoms with Gasteiger partial charge < -0.3 is 0 Å². The Kier molecular flexibility index (Phi) is 3.39. The quantitative estimate of drug-likeness (QED) is 0.244. The van der Waals surface area contributed by atoms with Crippen molar-refractivity contribution in [1.82, 2.24) is 0 Å². The van der Waals surface area contributed by atoms with Crippen LogP contribution in [0.25, 0.3) is 33.0 Å². The molecule has 148 valence electrons. The molecule has 0 aliphatic heterocycles. The van der Waals surface area contributed by atoms with Gasteiger partial charge in [0.25, 0.3) is 0 Å². The fraction of sp³-hybridized carbons (Fsp3) is 0.0333. The highest BCUT2D eigenvalue weighted by atomic mass is 35.5. The van der Waals surface area contributed by atoms with Crippen LogP contribution in [0.2, 0.25) is 5.02 Å². The predicted octanol–water partition coefficient (Wildman–Crippen LogP) is 7.71. The van der Waals surface area contributed by atoms with E-state index in [1.165, 1.54) is 49.7 Å². The molecule has 0 N–H and O–H groups in total. The maximum atomic E-state index is 9.72. The minimum atomic E-state index is -0.488. The van der Waals surface area contributed by atoms with Crippen LogP contribution in [-0.4, -0.2) is 0 Å². The fourth-order valence-corrected chi connectivity index (χ4v) is 6.17. The van der Waals surface area contributed by atoms with Gasteiger partial charge in [0.15, 0.2) is 0 Å². The first-order valence-corrected chi connectivity index (χ1v) is 11.1. The van der Waals surface area contributed by atoms with E-state index >= 15 is 0 Å². The zero-order chi connectivity index (χ0) is 21.4. The van der Waals surface area contributed by atoms with Crippen LogP contribution < -0.4 is 0 Å². The maximum absolute atomic E-state index is 9.72. The topological polar surface area (TPSA) is 23.8 Å². The molecule has 1 nitrogen and oxygen atoms in total. The molecule has 1 unspecified atom stereocenters. The highest BCUT2D eigenvalue weighted by molar-refractivity contribution is 6.30. The zero-order valence-corrected chi connectivity index (χ0v) is 17.8. The van der Waals surface area contributed by atoms with E-state index in [-0.39, 0.29) is 0 Å². The molecule has 0 bridgehead atoms. The number of rotatable bonds is 0. The summed E-state index contributed by atoms with van der Waals surface area (Å²) in [6.45, 7) is 0. The van der Waals surface area contributed by atoms with Crippen LogP contribution in [0.3, 0.4) is 0 Å². The molecule has 32 heavy (non-hydrogen) atoms. The maximum Gasteiger partial charge on any atom is 0.0991 e. The molecule has 0 radical (unpaired) electrons. The van der Waals surface area contributed by atoms with Crippen molar-refractivity contribution in [2.75, 3.05) is 0 Å². The summed E-state index contributed by atoms with van der Waals surface area (Å²) in [7, 11) is 0. The first-order valence-electron chi connectivity index (χ1n) is 10.7. The minimum absolute atomic E-state index is 0.488. The van der Waals surface area contributed by atoms with Crippen molar-refractivity contribution in [3.05, 3.63) is 130 Å². The van der Waals surface area contributed by atoms with Gasteiger partial charge >= 0.3 is 0 Å². The van der Waals surface area contributed by atoms with Gasteiger partial charge in [-0.1, -0.05) is 84.4 Å². The number of nitriles is 1. The van der Waals surface area contributed by atoms with Crippen LogP contribution in [0.4, 0.5) is 0 Å². The van der Waals surface area contributed by atoms with Crippen LogP contribution in [0, 0.1) is 11.3 Å². The fourth-order valence-electron chi connectivity index (χ4n) is 5.99. The van der Waals surface area contributed by atoms with E-state index in [9.17, 15) is 5.26 Å². The molecule has 0 fully saturated rings. The highest BCUT2D eigenvalue weighted by Crippen LogP contribution is 2.64. The van der Waals surface area contributed by atoms with E-state index in [4.69, 9.17) is 11.6 Å². The van der Waals surface area contributed by atoms with Gasteiger partial charge in [-0.2, -0.15) is 5.26 Å². The summed E-state index contributed by atoms with van der Waals surface area (Å²) in [5.41, 5.74) is 9.94. The zero-order valence-electron chi connectivity index (χ0n) is 17.1. The second-order valence-electron chi connectivity index (χ2n) is 8.57. The molecule has 0 aromatic heterocycles. The Morgan fingerprint density at radius 2 is 1.38 bits per heavy atom. The van der Waals surface area contributed by atoms with Crippen molar-refractivity contribution < 1.29 is 0 Å². The molecule has 2 aliphatic rings. The molecule has 0 saturated carbocycles. The summed E-state index contributed by atoms with van der Waals surface area (Å²) in [4.78, 5) is 0. The van der Waals surface area contributed by atoms with Gasteiger partial charge in [0.05, 0.1) is 17.0 Å². The first kappa shape index (κ1) is 17.8. The Morgan fingerprint density at radius 1 is 0.625 bits per heavy atom. The lowest BCUT2D eigenvalue weighted by molar-refractivity contribution is 0.794. The van der Waals surface area contributed by atoms with Gasteiger partial charge in [0.2, 0.25) is 0 Å². The normalized spacial score (nSPS) is 17.0. The summed E-state index contributed by atoms with van der Waals surface area (Å²) in [5.74, 6) is 0. The number of halogens is 1. The predicted molar refractivity (Wildman–Crippen MR) is 130 cm³/mol. The standard InChI is InChI=1S/C30H16ClN/c31-20-11-13-23-22-12-9-18(17-32)15-27(22)30(28(23)16-20)25-8-4-3-7-24(25)29-21-6-2-1-5-19(21)10-14-26(29)30/h1-16H. The number of benzene rings is 5. The molecule has 5 aromatic rings. The molecule has 7 rings (SSSR count). The van der Waals surface area contributed by atoms with Crippen LogP contribution in [0.1, 0.15) is 27.8 Å². The summed E-state index contributed by atoms with van der Waals surface area (Å²) in [5, 5.41) is 12.9. The SMILES string of the molecule is N#Cc1ccc2c(c1)C1(c3cc(Cl)ccc3-2)c2ccccc2-c2c1ccc1ccccc21. The molecule has 1 spiro atoms. The van der Waals surface area contributed by atoms with E-state index in [1.54, 1.807) is 0 Å². The average Bonchev–Trinajstić information content (AvgIpc) is 3.30. The lowest BCUT2D eigenvalue weighted by Gasteiger charge is -2.30. The van der Waals surface area contributed by atoms with Crippen molar-refractivity contribution >= 4 is 22.4 Å². The smallest absolute Gasteiger partial charge is 0.0991 e. The molecule has 2 heteroatoms. The number of hydrogen-bond acceptors (Lipinski definition) is 1. The molecule has 5 aromatic carbocycles. The van der Waals surface area contributed by atoms with Crippen molar-refractivity contribution in [3.8, 4) is 28.3 Å². The summed E-state index contributed by atoms with van der Waals surface area (Å²) < 4.78 is 0. The summed E-state index contributed by atoms with van der Waals surface area (Å²) >= 11 is 6.58. The molecule has 2 aliphatic carbocycles. The first-order chi connectivity index (χ1) is 15.7. The molecule has 1 atom stereocenters. The van der Waals surface area contributed by atoms with Gasteiger partial charge in [-0.3, -0.25) is 0 Å². The molecular formula is C30H16ClN. The van der Waals surface area contributed by atoms with E-state index in [0.717, 1.165) is 10.6 Å². The van der Waals surface area contributed by atoms with Crippen molar-refractivity contribution in [2.45, 2.75) is 5.41 Å². The molecule has 0 saturated heterocycles. The Labute approximate surface area is 191 Å². The van der Waals surface area contributed by atoms with Gasteiger partial charge in [-0.15, -0.1) is 0 Å². The second-order valence-corrected chi connectivity index (χ2v) is 9.00. The van der Waals surface area contributed by atoms with Gasteiger partial charge in [0, 0.05) is 5.02 Å². The van der Waals surface area contributed by atoms with E-state index in [1.807, 2.05) is 12.1 Å². The van der Waals surface area contributed by atoms with Crippen LogP contribution in [0.5, 0.6) is 0 Å². The lowest BCUT2D eigenvalue weighted by atomic mass is 9.70. The third-order valence-corrected chi connectivity index (χ3v) is 7.40. The van der Waals surface area contributed by atoms with E-state index in [2.05, 4.69) is 91.0 Å². The molecular weight excluding hydrogens is 410 g/mol. The minimum Gasteiger partial charge on any atom is -0.192 e. The number of nitrogens with zero attached hydrogens (tertiary/aromatic N) is 1. The van der Waals surface area contributed by atoms with Gasteiger partial charge in [-0.05, 0) is 79.5 Å². The second kappa shape index (κ2) is 6.10. The summed E-state index contributed by atoms with van der Waals surface area (Å²) in [6, 6.07) is 36.4. The van der Waals surface area contributed by atoms with Gasteiger partial charge in [0.1, 0.15) is 0 Å². The average molecular weight is 426 g/mol. The molecule has 0 amide bonds. The van der Waals surface area contributed by atoms with Crippen molar-refractivity contribution in [2.24, 2.45) is 0 Å². The lowest BCUT2D eigenvalue weighted by Crippen LogP contribution is -2.26. The Hall–Kier alpha value is -3.86. The van der Waals surface area contributed by atoms with Crippen LogP contribution in [-0.2, 0) is 5.41 Å². The Bertz CT molecular complexity index is 1660. The van der Waals surface area contributed by atoms with Crippen LogP contribution >= 0.6 is 11.6 Å². The monoisotopic (exact) mass is 425 g/mol. The highest BCUT2D eigenvalue weighted by Gasteiger charge is 2.52. The molecule has 0 heterocycles. The van der Waals surface area contributed by atoms with Gasteiger partial charge in [-0.25, -0.2) is 0 Å². The van der Waals surface area contributed by atoms with E-state index in [0.29, 0.717) is 5.56 Å². The third kappa shape index (κ3) is 1.99. The van der Waals surface area contributed by atoms with E-state index < -0.39 is 5.41 Å². The Balaban J connectivity index is 1.75. The van der Waals surface area contributed by atoms with Crippen molar-refractivity contribution in [3.63, 3.8) is 0 Å². The third-order valence-electron chi connectivity index (χ3n) is 7.16. The summed E-state index contributed by atoms with van der Waals surface area (Å²) in [6.07, 6.45) is 0. The number of hydrogen-bond donors (Lipinski definition) is 0. The Morgan fingerprint density at radius 3 is 2.25 bits per heavy atom.